The largest absolute Gasteiger partial charge is 0.373 e. The lowest BCUT2D eigenvalue weighted by Crippen LogP contribution is -2.38. The zero-order valence-electron chi connectivity index (χ0n) is 19.9. The zero-order valence-corrected chi connectivity index (χ0v) is 20.7. The number of nitriles is 1. The molecule has 0 saturated heterocycles. The van der Waals surface area contributed by atoms with E-state index >= 15 is 0 Å². The van der Waals surface area contributed by atoms with Crippen molar-refractivity contribution in [1.82, 2.24) is 25.9 Å². The molecule has 3 heterocycles. The number of fused-ring (bicyclic) bond motifs is 1. The Morgan fingerprint density at radius 3 is 2.56 bits per heavy atom. The summed E-state index contributed by atoms with van der Waals surface area (Å²) in [6.45, 7) is -0.476. The molecule has 1 aliphatic heterocycles. The van der Waals surface area contributed by atoms with E-state index in [9.17, 15) is 22.8 Å². The van der Waals surface area contributed by atoms with Crippen molar-refractivity contribution in [3.05, 3.63) is 100 Å². The number of hydrazine groups is 2. The van der Waals surface area contributed by atoms with Gasteiger partial charge in [-0.3, -0.25) is 9.99 Å². The Morgan fingerprint density at radius 2 is 1.85 bits per heavy atom. The van der Waals surface area contributed by atoms with E-state index in [1.54, 1.807) is 30.5 Å². The van der Waals surface area contributed by atoms with Crippen LogP contribution in [0.3, 0.4) is 0 Å². The van der Waals surface area contributed by atoms with Crippen LogP contribution in [-0.2, 0) is 0 Å². The van der Waals surface area contributed by atoms with Crippen LogP contribution in [0.15, 0.2) is 66.8 Å². The number of halogens is 5. The maximum atomic E-state index is 13.8. The summed E-state index contributed by atoms with van der Waals surface area (Å²) in [5.41, 5.74) is 8.48. The lowest BCUT2D eigenvalue weighted by molar-refractivity contribution is 0.246. The van der Waals surface area contributed by atoms with Crippen LogP contribution >= 0.6 is 11.6 Å². The second-order valence-corrected chi connectivity index (χ2v) is 8.87. The molecule has 0 fully saturated rings. The smallest absolute Gasteiger partial charge is 0.249 e. The van der Waals surface area contributed by atoms with E-state index in [2.05, 4.69) is 31.6 Å². The highest BCUT2D eigenvalue weighted by Crippen LogP contribution is 2.37. The Hall–Kier alpha value is -4.60. The van der Waals surface area contributed by atoms with Gasteiger partial charge in [0.2, 0.25) is 5.95 Å². The summed E-state index contributed by atoms with van der Waals surface area (Å²) < 4.78 is 53.7. The van der Waals surface area contributed by atoms with Crippen molar-refractivity contribution in [2.45, 2.75) is 6.04 Å². The van der Waals surface area contributed by atoms with Gasteiger partial charge in [-0.1, -0.05) is 23.7 Å². The number of alkyl halides is 1. The fourth-order valence-corrected chi connectivity index (χ4v) is 4.35. The highest BCUT2D eigenvalue weighted by Gasteiger charge is 2.23. The molecule has 0 radical (unpaired) electrons. The minimum Gasteiger partial charge on any atom is -0.373 e. The van der Waals surface area contributed by atoms with Crippen LogP contribution < -0.4 is 21.6 Å². The van der Waals surface area contributed by atoms with Crippen LogP contribution in [0, 0.1) is 28.9 Å². The topological polar surface area (TPSA) is 101 Å². The highest BCUT2D eigenvalue weighted by atomic mass is 35.5. The molecule has 0 unspecified atom stereocenters. The van der Waals surface area contributed by atoms with Crippen LogP contribution in [0.4, 0.5) is 34.6 Å². The van der Waals surface area contributed by atoms with Crippen molar-refractivity contribution in [1.29, 1.82) is 5.26 Å². The molecular formula is C26H19ClF4N8. The first kappa shape index (κ1) is 26.0. The van der Waals surface area contributed by atoms with Gasteiger partial charge in [-0.2, -0.15) is 9.65 Å². The quantitative estimate of drug-likeness (QED) is 0.165. The molecule has 4 aromatic rings. The number of hydrogen-bond acceptors (Lipinski definition) is 8. The maximum Gasteiger partial charge on any atom is 0.249 e. The second kappa shape index (κ2) is 11.0. The number of hydrogen-bond donors (Lipinski definition) is 4. The lowest BCUT2D eigenvalue weighted by Gasteiger charge is -2.22. The molecule has 13 heteroatoms. The lowest BCUT2D eigenvalue weighted by atomic mass is 10.0. The van der Waals surface area contributed by atoms with Gasteiger partial charge < -0.3 is 16.1 Å². The fourth-order valence-electron chi connectivity index (χ4n) is 4.09. The standard InChI is InChI=1S/C26H19ClF4N8/c27-20-8-17(35-24(14-1-3-16(29)4-2-14)22-13-39(6-5-28)38-37-22)7-19-23(15(10-32)11-33-25(19)20)36-18-9-21(30)26(31)34-12-18/h1-4,7-9,11-13,24,35,37-38H,5-6H2,(H,33,36)/t24-/m0/s1. The summed E-state index contributed by atoms with van der Waals surface area (Å²) in [4.78, 5) is 7.67. The van der Waals surface area contributed by atoms with Crippen LogP contribution in [0.1, 0.15) is 17.2 Å². The van der Waals surface area contributed by atoms with Crippen molar-refractivity contribution in [3.63, 3.8) is 0 Å². The predicted octanol–water partition coefficient (Wildman–Crippen LogP) is 5.60. The van der Waals surface area contributed by atoms with E-state index in [0.717, 1.165) is 12.3 Å². The number of nitrogens with one attached hydrogen (secondary N) is 4. The molecule has 2 aromatic heterocycles. The molecule has 2 aromatic carbocycles. The molecule has 8 nitrogen and oxygen atoms in total. The number of rotatable bonds is 8. The monoisotopic (exact) mass is 554 g/mol. The van der Waals surface area contributed by atoms with E-state index in [0.29, 0.717) is 27.9 Å². The summed E-state index contributed by atoms with van der Waals surface area (Å²) in [6.07, 6.45) is 4.09. The summed E-state index contributed by atoms with van der Waals surface area (Å²) >= 11 is 6.58. The molecule has 0 spiro atoms. The number of aromatic nitrogens is 2. The van der Waals surface area contributed by atoms with Crippen LogP contribution in [-0.4, -0.2) is 28.2 Å². The van der Waals surface area contributed by atoms with Gasteiger partial charge in [0.05, 0.1) is 52.0 Å². The fraction of sp³-hybridized carbons (Fsp3) is 0.115. The molecule has 0 bridgehead atoms. The normalized spacial score (nSPS) is 13.5. The van der Waals surface area contributed by atoms with Crippen LogP contribution in [0.25, 0.3) is 10.9 Å². The third-order valence-electron chi connectivity index (χ3n) is 5.90. The average molecular weight is 555 g/mol. The second-order valence-electron chi connectivity index (χ2n) is 8.47. The average Bonchev–Trinajstić information content (AvgIpc) is 3.39. The highest BCUT2D eigenvalue weighted by molar-refractivity contribution is 6.36. The summed E-state index contributed by atoms with van der Waals surface area (Å²) in [7, 11) is 0. The van der Waals surface area contributed by atoms with Gasteiger partial charge in [-0.05, 0) is 29.8 Å². The molecule has 1 atom stereocenters. The van der Waals surface area contributed by atoms with Crippen molar-refractivity contribution >= 4 is 39.6 Å². The molecule has 5 rings (SSSR count). The minimum atomic E-state index is -1.25. The van der Waals surface area contributed by atoms with Gasteiger partial charge in [-0.15, -0.1) is 5.53 Å². The van der Waals surface area contributed by atoms with Crippen molar-refractivity contribution in [2.75, 3.05) is 23.9 Å². The van der Waals surface area contributed by atoms with E-state index in [1.807, 2.05) is 6.07 Å². The van der Waals surface area contributed by atoms with E-state index in [-0.39, 0.29) is 28.5 Å². The van der Waals surface area contributed by atoms with Gasteiger partial charge in [0.1, 0.15) is 18.6 Å². The van der Waals surface area contributed by atoms with Gasteiger partial charge in [0, 0.05) is 29.5 Å². The Balaban J connectivity index is 1.58. The number of nitrogens with zero attached hydrogens (tertiary/aromatic N) is 4. The predicted molar refractivity (Wildman–Crippen MR) is 139 cm³/mol. The van der Waals surface area contributed by atoms with Crippen LogP contribution in [0.5, 0.6) is 0 Å². The van der Waals surface area contributed by atoms with Gasteiger partial charge in [0.15, 0.2) is 5.82 Å². The number of pyridine rings is 2. The third kappa shape index (κ3) is 5.50. The van der Waals surface area contributed by atoms with E-state index in [1.165, 1.54) is 23.3 Å². The molecule has 4 N–H and O–H groups in total. The third-order valence-corrected chi connectivity index (χ3v) is 6.19. The molecular weight excluding hydrogens is 536 g/mol. The molecule has 198 valence electrons. The zero-order chi connectivity index (χ0) is 27.5. The molecule has 0 aliphatic carbocycles. The van der Waals surface area contributed by atoms with Crippen molar-refractivity contribution in [3.8, 4) is 6.07 Å². The summed E-state index contributed by atoms with van der Waals surface area (Å²) in [5, 5.41) is 18.2. The number of anilines is 3. The van der Waals surface area contributed by atoms with Gasteiger partial charge in [0.25, 0.3) is 0 Å². The van der Waals surface area contributed by atoms with E-state index < -0.39 is 30.3 Å². The van der Waals surface area contributed by atoms with Gasteiger partial charge >= 0.3 is 0 Å². The Morgan fingerprint density at radius 1 is 1.05 bits per heavy atom. The maximum absolute atomic E-state index is 13.8. The number of benzene rings is 2. The molecule has 0 amide bonds. The van der Waals surface area contributed by atoms with Crippen molar-refractivity contribution in [2.24, 2.45) is 0 Å². The SMILES string of the molecule is N#Cc1cnc2c(Cl)cc(N[C@H](C3=CN(CCF)NN3)c3ccc(F)cc3)cc2c1Nc1cnc(F)c(F)c1. The van der Waals surface area contributed by atoms with Crippen LogP contribution in [0.2, 0.25) is 5.02 Å². The Labute approximate surface area is 224 Å². The molecule has 1 aliphatic rings. The Bertz CT molecular complexity index is 1610. The first-order valence-corrected chi connectivity index (χ1v) is 11.9. The van der Waals surface area contributed by atoms with Gasteiger partial charge in [-0.25, -0.2) is 18.2 Å². The minimum absolute atomic E-state index is 0.102. The van der Waals surface area contributed by atoms with E-state index in [4.69, 9.17) is 11.6 Å². The summed E-state index contributed by atoms with van der Waals surface area (Å²) in [6, 6.07) is 11.6. The molecule has 0 saturated carbocycles. The Kier molecular flexibility index (Phi) is 7.36. The van der Waals surface area contributed by atoms with Crippen molar-refractivity contribution < 1.29 is 17.6 Å². The first-order valence-electron chi connectivity index (χ1n) is 11.5. The first-order chi connectivity index (χ1) is 18.9. The summed E-state index contributed by atoms with van der Waals surface area (Å²) in [5.74, 6) is -2.82. The molecule has 39 heavy (non-hydrogen) atoms.